The van der Waals surface area contributed by atoms with Crippen LogP contribution in [0.2, 0.25) is 6.04 Å². The van der Waals surface area contributed by atoms with Crippen LogP contribution in [0.4, 0.5) is 0 Å². The number of benzene rings is 1. The molecule has 0 saturated heterocycles. The van der Waals surface area contributed by atoms with E-state index in [1.807, 2.05) is 0 Å². The van der Waals surface area contributed by atoms with E-state index in [-0.39, 0.29) is 0 Å². The van der Waals surface area contributed by atoms with E-state index in [1.54, 1.807) is 0 Å². The van der Waals surface area contributed by atoms with Crippen molar-refractivity contribution in [3.05, 3.63) is 35.9 Å². The zero-order valence-electron chi connectivity index (χ0n) is 14.6. The summed E-state index contributed by atoms with van der Waals surface area (Å²) in [5.41, 5.74) is 1.39. The monoisotopic (exact) mass is 320 g/mol. The van der Waals surface area contributed by atoms with Gasteiger partial charge in [0, 0.05) is 16.8 Å². The number of rotatable bonds is 15. The number of hydrogen-bond acceptors (Lipinski definition) is 2. The van der Waals surface area contributed by atoms with Crippen LogP contribution < -0.4 is 10.6 Å². The van der Waals surface area contributed by atoms with E-state index in [9.17, 15) is 0 Å². The van der Waals surface area contributed by atoms with Gasteiger partial charge >= 0.3 is 0 Å². The molecule has 22 heavy (non-hydrogen) atoms. The SMILES string of the molecule is [SiH3]CCCNCCCCCCCCCNCc1ccccc1. The Morgan fingerprint density at radius 1 is 0.636 bits per heavy atom. The molecular formula is C19H36N2Si. The van der Waals surface area contributed by atoms with Crippen LogP contribution in [0.3, 0.4) is 0 Å². The molecule has 0 aliphatic rings. The fourth-order valence-corrected chi connectivity index (χ4v) is 2.99. The standard InChI is InChI=1S/C19H36N2Si/c22-17-11-16-20-14-9-4-2-1-3-5-10-15-21-18-19-12-7-6-8-13-19/h6-8,12-13,20-21H,1-5,9-11,14-18H2,22H3. The van der Waals surface area contributed by atoms with Crippen molar-refractivity contribution in [1.29, 1.82) is 0 Å². The second-order valence-electron chi connectivity index (χ2n) is 6.24. The van der Waals surface area contributed by atoms with Crippen LogP contribution in [0.1, 0.15) is 56.9 Å². The minimum atomic E-state index is 1.01. The Morgan fingerprint density at radius 2 is 1.18 bits per heavy atom. The van der Waals surface area contributed by atoms with Gasteiger partial charge in [-0.3, -0.25) is 0 Å². The highest BCUT2D eigenvalue weighted by atomic mass is 28.1. The van der Waals surface area contributed by atoms with Crippen LogP contribution in [0, 0.1) is 0 Å². The molecule has 0 saturated carbocycles. The lowest BCUT2D eigenvalue weighted by Crippen LogP contribution is -2.16. The molecule has 2 N–H and O–H groups in total. The van der Waals surface area contributed by atoms with E-state index in [1.165, 1.54) is 86.3 Å². The van der Waals surface area contributed by atoms with Gasteiger partial charge in [0.15, 0.2) is 0 Å². The van der Waals surface area contributed by atoms with Gasteiger partial charge in [-0.05, 0) is 44.5 Å². The fourth-order valence-electron chi connectivity index (χ4n) is 2.64. The second kappa shape index (κ2) is 15.3. The first-order valence-electron chi connectivity index (χ1n) is 9.39. The third-order valence-corrected chi connectivity index (χ3v) is 4.79. The summed E-state index contributed by atoms with van der Waals surface area (Å²) in [5, 5.41) is 7.07. The molecule has 126 valence electrons. The molecule has 0 bridgehead atoms. The molecule has 0 aliphatic heterocycles. The Labute approximate surface area is 140 Å². The Balaban J connectivity index is 1.73. The van der Waals surface area contributed by atoms with Crippen LogP contribution in [0.25, 0.3) is 0 Å². The predicted octanol–water partition coefficient (Wildman–Crippen LogP) is 3.27. The van der Waals surface area contributed by atoms with Gasteiger partial charge in [0.1, 0.15) is 0 Å². The van der Waals surface area contributed by atoms with E-state index in [0.717, 1.165) is 13.1 Å². The van der Waals surface area contributed by atoms with Crippen LogP contribution in [0.5, 0.6) is 0 Å². The molecule has 0 spiro atoms. The average Bonchev–Trinajstić information content (AvgIpc) is 2.56. The lowest BCUT2D eigenvalue weighted by Gasteiger charge is -2.05. The summed E-state index contributed by atoms with van der Waals surface area (Å²) in [6.07, 6.45) is 11.1. The maximum absolute atomic E-state index is 3.54. The molecule has 3 heteroatoms. The molecule has 0 fully saturated rings. The Kier molecular flexibility index (Phi) is 13.5. The van der Waals surface area contributed by atoms with Crippen molar-refractivity contribution in [3.8, 4) is 0 Å². The smallest absolute Gasteiger partial charge is 0.0205 e. The summed E-state index contributed by atoms with van der Waals surface area (Å²) < 4.78 is 0. The third-order valence-electron chi connectivity index (χ3n) is 4.09. The molecule has 1 rings (SSSR count). The molecule has 0 radical (unpaired) electrons. The zero-order chi connectivity index (χ0) is 15.7. The van der Waals surface area contributed by atoms with Gasteiger partial charge in [-0.2, -0.15) is 0 Å². The normalized spacial score (nSPS) is 11.1. The maximum Gasteiger partial charge on any atom is 0.0205 e. The van der Waals surface area contributed by atoms with Crippen LogP contribution in [-0.4, -0.2) is 29.9 Å². The van der Waals surface area contributed by atoms with Crippen molar-refractivity contribution in [2.45, 2.75) is 64.0 Å². The molecular weight excluding hydrogens is 284 g/mol. The van der Waals surface area contributed by atoms with Crippen LogP contribution in [-0.2, 0) is 6.54 Å². The third kappa shape index (κ3) is 12.0. The molecule has 0 amide bonds. The van der Waals surface area contributed by atoms with Crippen LogP contribution >= 0.6 is 0 Å². The van der Waals surface area contributed by atoms with Gasteiger partial charge in [0.25, 0.3) is 0 Å². The first-order valence-corrected chi connectivity index (χ1v) is 10.8. The van der Waals surface area contributed by atoms with Crippen molar-refractivity contribution in [2.24, 2.45) is 0 Å². The number of nitrogens with one attached hydrogen (secondary N) is 2. The summed E-state index contributed by atoms with van der Waals surface area (Å²) in [6.45, 7) is 4.62. The van der Waals surface area contributed by atoms with Crippen molar-refractivity contribution in [1.82, 2.24) is 10.6 Å². The van der Waals surface area contributed by atoms with E-state index in [4.69, 9.17) is 0 Å². The van der Waals surface area contributed by atoms with Gasteiger partial charge in [0.2, 0.25) is 0 Å². The summed E-state index contributed by atoms with van der Waals surface area (Å²) in [5.74, 6) is 0. The molecule has 0 heterocycles. The van der Waals surface area contributed by atoms with E-state index >= 15 is 0 Å². The predicted molar refractivity (Wildman–Crippen MR) is 103 cm³/mol. The number of unbranched alkanes of at least 4 members (excludes halogenated alkanes) is 6. The van der Waals surface area contributed by atoms with Gasteiger partial charge in [-0.25, -0.2) is 0 Å². The van der Waals surface area contributed by atoms with Crippen molar-refractivity contribution >= 4 is 10.2 Å². The number of hydrogen-bond donors (Lipinski definition) is 2. The highest BCUT2D eigenvalue weighted by Gasteiger charge is 1.94. The Bertz CT molecular complexity index is 329. The highest BCUT2D eigenvalue weighted by molar-refractivity contribution is 6.08. The van der Waals surface area contributed by atoms with Gasteiger partial charge < -0.3 is 10.6 Å². The molecule has 0 atom stereocenters. The minimum Gasteiger partial charge on any atom is -0.317 e. The van der Waals surface area contributed by atoms with Crippen molar-refractivity contribution < 1.29 is 0 Å². The first-order chi connectivity index (χ1) is 10.9. The minimum absolute atomic E-state index is 1.01. The maximum atomic E-state index is 3.54. The summed E-state index contributed by atoms with van der Waals surface area (Å²) in [7, 11) is 1.36. The van der Waals surface area contributed by atoms with Gasteiger partial charge in [-0.15, -0.1) is 0 Å². The van der Waals surface area contributed by atoms with Gasteiger partial charge in [-0.1, -0.05) is 68.5 Å². The fraction of sp³-hybridized carbons (Fsp3) is 0.684. The van der Waals surface area contributed by atoms with E-state index in [2.05, 4.69) is 41.0 Å². The Morgan fingerprint density at radius 3 is 1.82 bits per heavy atom. The van der Waals surface area contributed by atoms with E-state index in [0.29, 0.717) is 0 Å². The lowest BCUT2D eigenvalue weighted by atomic mass is 10.1. The van der Waals surface area contributed by atoms with Crippen molar-refractivity contribution in [2.75, 3.05) is 19.6 Å². The molecule has 1 aromatic rings. The average molecular weight is 321 g/mol. The van der Waals surface area contributed by atoms with E-state index < -0.39 is 0 Å². The molecule has 0 aromatic heterocycles. The zero-order valence-corrected chi connectivity index (χ0v) is 16.6. The largest absolute Gasteiger partial charge is 0.317 e. The van der Waals surface area contributed by atoms with Crippen molar-refractivity contribution in [3.63, 3.8) is 0 Å². The topological polar surface area (TPSA) is 24.1 Å². The van der Waals surface area contributed by atoms with Gasteiger partial charge in [0.05, 0.1) is 0 Å². The summed E-state index contributed by atoms with van der Waals surface area (Å²) in [6, 6.07) is 12.1. The molecule has 1 aromatic carbocycles. The molecule has 0 unspecified atom stereocenters. The quantitative estimate of drug-likeness (QED) is 0.383. The molecule has 2 nitrogen and oxygen atoms in total. The second-order valence-corrected chi connectivity index (χ2v) is 7.24. The summed E-state index contributed by atoms with van der Waals surface area (Å²) >= 11 is 0. The Hall–Kier alpha value is -0.643. The summed E-state index contributed by atoms with van der Waals surface area (Å²) in [4.78, 5) is 0. The highest BCUT2D eigenvalue weighted by Crippen LogP contribution is 2.06. The lowest BCUT2D eigenvalue weighted by molar-refractivity contribution is 0.544. The first kappa shape index (κ1) is 19.4. The molecule has 0 aliphatic carbocycles. The van der Waals surface area contributed by atoms with Crippen LogP contribution in [0.15, 0.2) is 30.3 Å².